The van der Waals surface area contributed by atoms with Gasteiger partial charge < -0.3 is 19.6 Å². The van der Waals surface area contributed by atoms with Gasteiger partial charge in [-0.1, -0.05) is 343 Å². The number of anilines is 12. The minimum Gasteiger partial charge on any atom is -0.311 e. The van der Waals surface area contributed by atoms with Crippen LogP contribution in [0.15, 0.2) is 497 Å². The fourth-order valence-corrected chi connectivity index (χ4v) is 19.3. The van der Waals surface area contributed by atoms with Gasteiger partial charge in [-0.3, -0.25) is 0 Å². The molecule has 22 rings (SSSR count). The van der Waals surface area contributed by atoms with Gasteiger partial charge in [-0.2, -0.15) is 0 Å². The number of benzene rings is 20. The quantitative estimate of drug-likeness (QED) is 0.0754. The number of hydrogen-bond donors (Lipinski definition) is 0. The summed E-state index contributed by atoms with van der Waals surface area (Å²) in [7, 11) is 0. The van der Waals surface area contributed by atoms with E-state index in [9.17, 15) is 8.78 Å². The Morgan fingerprint density at radius 1 is 0.136 bits per heavy atom. The summed E-state index contributed by atoms with van der Waals surface area (Å²) in [5.41, 5.74) is 41.1. The number of rotatable bonds is 20. The lowest BCUT2D eigenvalue weighted by Crippen LogP contribution is -2.16. The van der Waals surface area contributed by atoms with Crippen molar-refractivity contribution in [2.75, 3.05) is 19.6 Å². The lowest BCUT2D eigenvalue weighted by Gasteiger charge is -2.28. The van der Waals surface area contributed by atoms with E-state index in [-0.39, 0.29) is 22.5 Å². The molecule has 0 spiro atoms. The van der Waals surface area contributed by atoms with Crippen molar-refractivity contribution in [2.45, 2.75) is 38.5 Å². The molecule has 0 atom stereocenters. The van der Waals surface area contributed by atoms with Crippen molar-refractivity contribution >= 4 is 68.2 Å². The molecule has 0 saturated heterocycles. The molecule has 132 heavy (non-hydrogen) atoms. The highest BCUT2D eigenvalue weighted by Crippen LogP contribution is 2.55. The Kier molecular flexibility index (Phi) is 22.2. The zero-order valence-electron chi connectivity index (χ0n) is 73.9. The van der Waals surface area contributed by atoms with Crippen LogP contribution in [-0.4, -0.2) is 0 Å². The second kappa shape index (κ2) is 35.6. The summed E-state index contributed by atoms with van der Waals surface area (Å²) in [6, 6.07) is 174. The molecule has 2 aliphatic rings. The zero-order chi connectivity index (χ0) is 89.2. The molecule has 0 bridgehead atoms. The van der Waals surface area contributed by atoms with Crippen molar-refractivity contribution in [1.29, 1.82) is 0 Å². The molecule has 4 nitrogen and oxygen atoms in total. The SMILES string of the molecule is CC1(C)c2cc(-c3ccc(N(c4ccc(F)cc4)c4ccc(-c5ccccc5)cc4)cc3)ccc2-c2ccc(N(c3ccc(F)cc3)c3ccc(-c4ccccc4)cc3)cc21.CC1(C)c2cc(-c3ccc(N(c4ccccc4)c4ccc(-c5ccc(-c6ccccc6)cc5)cc4)cc3)ccc2-c2ccc(N(c3ccccc3)c3ccc(-c4ccc(-c5ccccc5)cc4)cc3)cc21. The molecule has 0 amide bonds. The van der Waals surface area contributed by atoms with E-state index < -0.39 is 0 Å². The smallest absolute Gasteiger partial charge is 0.123 e. The van der Waals surface area contributed by atoms with E-state index >= 15 is 0 Å². The van der Waals surface area contributed by atoms with Crippen LogP contribution in [0.5, 0.6) is 0 Å². The predicted molar refractivity (Wildman–Crippen MR) is 550 cm³/mol. The molecule has 0 saturated carbocycles. The fraction of sp³-hybridized carbons (Fsp3) is 0.0476. The molecule has 0 aliphatic heterocycles. The summed E-state index contributed by atoms with van der Waals surface area (Å²) in [6.07, 6.45) is 0. The van der Waals surface area contributed by atoms with E-state index in [2.05, 4.69) is 472 Å². The van der Waals surface area contributed by atoms with Crippen molar-refractivity contribution in [3.8, 4) is 111 Å². The molecule has 0 N–H and O–H groups in total. The third-order valence-electron chi connectivity index (χ3n) is 26.3. The summed E-state index contributed by atoms with van der Waals surface area (Å²) in [6.45, 7) is 9.35. The molecule has 0 heterocycles. The van der Waals surface area contributed by atoms with Crippen molar-refractivity contribution in [2.24, 2.45) is 0 Å². The Balaban J connectivity index is 0.000000161. The van der Waals surface area contributed by atoms with Crippen LogP contribution < -0.4 is 19.6 Å². The third kappa shape index (κ3) is 16.4. The average Bonchev–Trinajstić information content (AvgIpc) is 1.57. The largest absolute Gasteiger partial charge is 0.311 e. The lowest BCUT2D eigenvalue weighted by molar-refractivity contribution is 0.627. The Labute approximate surface area is 772 Å². The van der Waals surface area contributed by atoms with Gasteiger partial charge in [-0.05, 0) is 316 Å². The van der Waals surface area contributed by atoms with E-state index in [1.54, 1.807) is 0 Å². The fourth-order valence-electron chi connectivity index (χ4n) is 19.3. The van der Waals surface area contributed by atoms with Crippen LogP contribution in [-0.2, 0) is 10.8 Å². The maximum absolute atomic E-state index is 14.2. The summed E-state index contributed by atoms with van der Waals surface area (Å²) >= 11 is 0. The first-order valence-electron chi connectivity index (χ1n) is 45.2. The van der Waals surface area contributed by atoms with E-state index in [1.807, 2.05) is 48.5 Å². The Bertz CT molecular complexity index is 7450. The molecule has 20 aromatic carbocycles. The first kappa shape index (κ1) is 82.4. The maximum atomic E-state index is 14.2. The van der Waals surface area contributed by atoms with Gasteiger partial charge in [0.2, 0.25) is 0 Å². The molecule has 0 fully saturated rings. The van der Waals surface area contributed by atoms with Crippen LogP contribution >= 0.6 is 0 Å². The molecule has 0 unspecified atom stereocenters. The standard InChI is InChI=1S/C69H52N2.C57H42F2N2/c1-69(2)67-47-58(57-35-42-62(43-36-57)70(59-19-11-5-12-20-59)61-38-31-55(32-39-61)53-27-23-51(24-28-53)49-15-7-3-8-16-49)37-45-65(67)66-46-44-64(48-68(66)69)71(60-21-13-6-14-22-60)63-40-33-56(34-41-63)54-29-25-52(26-30-54)50-17-9-4-10-18-50;1-57(2)55-37-44(43-17-28-48(29-18-43)60(50-30-20-45(58)21-31-50)47-24-13-41(14-25-47)39-9-5-3-6-10-39)19-35-53(55)54-36-34-52(38-56(54)57)61(51-32-22-46(59)23-33-51)49-26-15-42(16-27-49)40-11-7-4-8-12-40/h3-48H,1-2H3;3-38H,1-2H3. The van der Waals surface area contributed by atoms with Gasteiger partial charge in [-0.15, -0.1) is 0 Å². The van der Waals surface area contributed by atoms with Gasteiger partial charge in [0.1, 0.15) is 11.6 Å². The van der Waals surface area contributed by atoms with Gasteiger partial charge in [0, 0.05) is 79.1 Å². The number of hydrogen-bond acceptors (Lipinski definition) is 4. The van der Waals surface area contributed by atoms with Gasteiger partial charge in [-0.25, -0.2) is 8.78 Å². The van der Waals surface area contributed by atoms with E-state index in [1.165, 1.54) is 124 Å². The van der Waals surface area contributed by atoms with E-state index in [4.69, 9.17) is 0 Å². The van der Waals surface area contributed by atoms with Crippen molar-refractivity contribution in [3.05, 3.63) is 531 Å². The first-order chi connectivity index (χ1) is 64.7. The Hall–Kier alpha value is -16.5. The molecular weight excluding hydrogens is 1610 g/mol. The average molecular weight is 1700 g/mol. The predicted octanol–water partition coefficient (Wildman–Crippen LogP) is 35.5. The zero-order valence-corrected chi connectivity index (χ0v) is 73.9. The van der Waals surface area contributed by atoms with Crippen LogP contribution in [0.25, 0.3) is 111 Å². The Morgan fingerprint density at radius 2 is 0.280 bits per heavy atom. The molecule has 632 valence electrons. The van der Waals surface area contributed by atoms with Crippen molar-refractivity contribution in [1.82, 2.24) is 0 Å². The lowest BCUT2D eigenvalue weighted by atomic mass is 9.81. The summed E-state index contributed by atoms with van der Waals surface area (Å²) in [5.74, 6) is -0.534. The highest BCUT2D eigenvalue weighted by Gasteiger charge is 2.39. The minimum absolute atomic E-state index is 0.213. The molecule has 2 aliphatic carbocycles. The highest BCUT2D eigenvalue weighted by molar-refractivity contribution is 5.92. The number of para-hydroxylation sites is 2. The normalized spacial score (nSPS) is 12.3. The Morgan fingerprint density at radius 3 is 0.508 bits per heavy atom. The molecule has 0 aromatic heterocycles. The van der Waals surface area contributed by atoms with Gasteiger partial charge in [0.15, 0.2) is 0 Å². The number of nitrogens with zero attached hydrogens (tertiary/aromatic N) is 4. The summed E-state index contributed by atoms with van der Waals surface area (Å²) in [5, 5.41) is 0. The van der Waals surface area contributed by atoms with Gasteiger partial charge in [0.25, 0.3) is 0 Å². The third-order valence-corrected chi connectivity index (χ3v) is 26.3. The monoisotopic (exact) mass is 1700 g/mol. The minimum atomic E-state index is -0.284. The number of fused-ring (bicyclic) bond motifs is 6. The van der Waals surface area contributed by atoms with Crippen LogP contribution in [0.4, 0.5) is 77.0 Å². The summed E-state index contributed by atoms with van der Waals surface area (Å²) < 4.78 is 28.3. The molecule has 6 heteroatoms. The second-order valence-corrected chi connectivity index (χ2v) is 35.1. The van der Waals surface area contributed by atoms with E-state index in [0.29, 0.717) is 0 Å². The molecular formula is C126H94F2N4. The van der Waals surface area contributed by atoms with Crippen molar-refractivity contribution < 1.29 is 8.78 Å². The van der Waals surface area contributed by atoms with Crippen LogP contribution in [0.3, 0.4) is 0 Å². The van der Waals surface area contributed by atoms with Crippen molar-refractivity contribution in [3.63, 3.8) is 0 Å². The maximum Gasteiger partial charge on any atom is 0.123 e. The number of halogens is 2. The first-order valence-corrected chi connectivity index (χ1v) is 45.2. The second-order valence-electron chi connectivity index (χ2n) is 35.1. The summed E-state index contributed by atoms with van der Waals surface area (Å²) in [4.78, 5) is 9.08. The topological polar surface area (TPSA) is 13.0 Å². The van der Waals surface area contributed by atoms with Gasteiger partial charge in [0.05, 0.1) is 0 Å². The van der Waals surface area contributed by atoms with Crippen LogP contribution in [0, 0.1) is 11.6 Å². The molecule has 0 radical (unpaired) electrons. The van der Waals surface area contributed by atoms with Crippen LogP contribution in [0.2, 0.25) is 0 Å². The van der Waals surface area contributed by atoms with Gasteiger partial charge >= 0.3 is 0 Å². The van der Waals surface area contributed by atoms with E-state index in [0.717, 1.165) is 102 Å². The van der Waals surface area contributed by atoms with Crippen LogP contribution in [0.1, 0.15) is 49.9 Å². The highest BCUT2D eigenvalue weighted by atomic mass is 19.1. The molecule has 20 aromatic rings.